The summed E-state index contributed by atoms with van der Waals surface area (Å²) in [6.07, 6.45) is 5.42. The second kappa shape index (κ2) is 9.09. The Kier molecular flexibility index (Phi) is 5.98. The maximum absolute atomic E-state index is 14.4. The minimum absolute atomic E-state index is 0.00102. The van der Waals surface area contributed by atoms with Crippen molar-refractivity contribution in [3.8, 4) is 22.8 Å². The van der Waals surface area contributed by atoms with Crippen LogP contribution in [-0.2, 0) is 11.2 Å². The van der Waals surface area contributed by atoms with Gasteiger partial charge in [-0.25, -0.2) is 4.39 Å². The van der Waals surface area contributed by atoms with Crippen molar-refractivity contribution in [1.82, 2.24) is 4.98 Å². The van der Waals surface area contributed by atoms with Gasteiger partial charge in [-0.15, -0.1) is 0 Å². The molecule has 1 saturated carbocycles. The van der Waals surface area contributed by atoms with Crippen LogP contribution in [0.3, 0.4) is 0 Å². The van der Waals surface area contributed by atoms with E-state index in [4.69, 9.17) is 9.47 Å². The molecule has 3 atom stereocenters. The molecule has 5 nitrogen and oxygen atoms in total. The molecule has 0 bridgehead atoms. The van der Waals surface area contributed by atoms with Gasteiger partial charge >= 0.3 is 5.97 Å². The van der Waals surface area contributed by atoms with Crippen molar-refractivity contribution in [3.05, 3.63) is 77.2 Å². The van der Waals surface area contributed by atoms with Crippen LogP contribution in [0.4, 0.5) is 4.39 Å². The highest BCUT2D eigenvalue weighted by Gasteiger charge is 2.38. The van der Waals surface area contributed by atoms with E-state index in [0.29, 0.717) is 22.9 Å². The second-order valence-electron chi connectivity index (χ2n) is 9.32. The van der Waals surface area contributed by atoms with E-state index in [1.165, 1.54) is 6.07 Å². The molecule has 5 rings (SSSR count). The number of methoxy groups -OCH3 is 1. The number of hydrogen-bond donors (Lipinski definition) is 1. The van der Waals surface area contributed by atoms with Crippen molar-refractivity contribution in [2.75, 3.05) is 7.11 Å². The lowest BCUT2D eigenvalue weighted by Crippen LogP contribution is -2.20. The van der Waals surface area contributed by atoms with Crippen molar-refractivity contribution in [2.24, 2.45) is 11.8 Å². The first-order chi connectivity index (χ1) is 16.4. The predicted octanol–water partition coefficient (Wildman–Crippen LogP) is 6.18. The molecule has 0 radical (unpaired) electrons. The number of aryl methyl sites for hydroxylation is 1. The Morgan fingerprint density at radius 3 is 2.68 bits per heavy atom. The molecule has 3 aromatic rings. The number of carbonyl (C=O) groups is 1. The Bertz CT molecular complexity index is 1220. The molecule has 176 valence electrons. The van der Waals surface area contributed by atoms with Gasteiger partial charge in [0.05, 0.1) is 18.7 Å². The number of fused-ring (bicyclic) bond motifs is 1. The van der Waals surface area contributed by atoms with E-state index in [-0.39, 0.29) is 17.8 Å². The standard InChI is InChI=1S/C28H28FNO4/c1-16(28(31)32)27(17-6-7-17)19-4-3-5-21(12-19)34-26-11-8-18-13-25(30-15-23(18)26)22-14-20(33-2)9-10-24(22)29/h3-5,9-10,12-17,26-27H,6-8,11H2,1-2H3,(H,31,32)/t16-,26+,27-/m0/s1. The number of benzene rings is 2. The highest BCUT2D eigenvalue weighted by Crippen LogP contribution is 2.47. The highest BCUT2D eigenvalue weighted by atomic mass is 19.1. The first-order valence-corrected chi connectivity index (χ1v) is 11.8. The third-order valence-corrected chi connectivity index (χ3v) is 7.08. The van der Waals surface area contributed by atoms with Crippen LogP contribution in [0.25, 0.3) is 11.3 Å². The molecular weight excluding hydrogens is 433 g/mol. The summed E-state index contributed by atoms with van der Waals surface area (Å²) in [5.41, 5.74) is 4.12. The minimum atomic E-state index is -0.762. The van der Waals surface area contributed by atoms with E-state index in [1.807, 2.05) is 30.3 Å². The number of rotatable bonds is 8. The fourth-order valence-corrected chi connectivity index (χ4v) is 5.09. The number of carboxylic acids is 1. The van der Waals surface area contributed by atoms with Gasteiger partial charge in [0.2, 0.25) is 0 Å². The van der Waals surface area contributed by atoms with Crippen LogP contribution < -0.4 is 9.47 Å². The summed E-state index contributed by atoms with van der Waals surface area (Å²) in [4.78, 5) is 16.2. The van der Waals surface area contributed by atoms with Crippen molar-refractivity contribution >= 4 is 5.97 Å². The van der Waals surface area contributed by atoms with Gasteiger partial charge < -0.3 is 14.6 Å². The van der Waals surface area contributed by atoms with Crippen LogP contribution in [0.1, 0.15) is 54.9 Å². The first-order valence-electron chi connectivity index (χ1n) is 11.8. The lowest BCUT2D eigenvalue weighted by molar-refractivity contribution is -0.142. The topological polar surface area (TPSA) is 68.7 Å². The van der Waals surface area contributed by atoms with Crippen LogP contribution in [0, 0.1) is 17.7 Å². The summed E-state index contributed by atoms with van der Waals surface area (Å²) in [7, 11) is 1.55. The molecule has 0 aliphatic heterocycles. The van der Waals surface area contributed by atoms with E-state index in [9.17, 15) is 14.3 Å². The third kappa shape index (κ3) is 4.37. The molecule has 0 saturated heterocycles. The number of ether oxygens (including phenoxy) is 2. The van der Waals surface area contributed by atoms with E-state index in [1.54, 1.807) is 32.4 Å². The number of aliphatic carboxylic acids is 1. The first kappa shape index (κ1) is 22.4. The van der Waals surface area contributed by atoms with Crippen LogP contribution >= 0.6 is 0 Å². The second-order valence-corrected chi connectivity index (χ2v) is 9.32. The SMILES string of the molecule is COc1ccc(F)c(-c2cc3c(cn2)[C@H](Oc2cccc([C@H](C4CC4)[C@H](C)C(=O)O)c2)CC3)c1. The summed E-state index contributed by atoms with van der Waals surface area (Å²) in [6.45, 7) is 1.79. The van der Waals surface area contributed by atoms with Crippen LogP contribution in [0.5, 0.6) is 11.5 Å². The molecule has 2 aliphatic carbocycles. The van der Waals surface area contributed by atoms with E-state index in [2.05, 4.69) is 4.98 Å². The van der Waals surface area contributed by atoms with Crippen LogP contribution in [-0.4, -0.2) is 23.2 Å². The van der Waals surface area contributed by atoms with Gasteiger partial charge in [0.1, 0.15) is 23.4 Å². The highest BCUT2D eigenvalue weighted by molar-refractivity contribution is 5.71. The van der Waals surface area contributed by atoms with Gasteiger partial charge in [-0.05, 0) is 85.0 Å². The van der Waals surface area contributed by atoms with Gasteiger partial charge in [0.15, 0.2) is 0 Å². The number of aromatic nitrogens is 1. The quantitative estimate of drug-likeness (QED) is 0.434. The largest absolute Gasteiger partial charge is 0.497 e. The van der Waals surface area contributed by atoms with Crippen molar-refractivity contribution in [1.29, 1.82) is 0 Å². The maximum Gasteiger partial charge on any atom is 0.306 e. The predicted molar refractivity (Wildman–Crippen MR) is 127 cm³/mol. The Morgan fingerprint density at radius 1 is 1.12 bits per heavy atom. The maximum atomic E-state index is 14.4. The average Bonchev–Trinajstić information content (AvgIpc) is 3.60. The Hall–Kier alpha value is -3.41. The van der Waals surface area contributed by atoms with Gasteiger partial charge in [-0.2, -0.15) is 0 Å². The number of pyridine rings is 1. The molecule has 6 heteroatoms. The fourth-order valence-electron chi connectivity index (χ4n) is 5.09. The lowest BCUT2D eigenvalue weighted by Gasteiger charge is -2.22. The van der Waals surface area contributed by atoms with Crippen molar-refractivity contribution in [3.63, 3.8) is 0 Å². The summed E-state index contributed by atoms with van der Waals surface area (Å²) in [5, 5.41) is 9.58. The molecule has 34 heavy (non-hydrogen) atoms. The Labute approximate surface area is 198 Å². The molecule has 2 aromatic carbocycles. The zero-order valence-electron chi connectivity index (χ0n) is 19.3. The summed E-state index contributed by atoms with van der Waals surface area (Å²) >= 11 is 0. The van der Waals surface area contributed by atoms with E-state index >= 15 is 0 Å². The summed E-state index contributed by atoms with van der Waals surface area (Å²) in [6, 6.07) is 14.4. The monoisotopic (exact) mass is 461 g/mol. The minimum Gasteiger partial charge on any atom is -0.497 e. The van der Waals surface area contributed by atoms with Crippen molar-refractivity contribution < 1.29 is 23.8 Å². The molecule has 0 amide bonds. The molecule has 1 N–H and O–H groups in total. The van der Waals surface area contributed by atoms with Gasteiger partial charge in [0.25, 0.3) is 0 Å². The lowest BCUT2D eigenvalue weighted by atomic mass is 9.83. The van der Waals surface area contributed by atoms with Gasteiger partial charge in [0, 0.05) is 17.3 Å². The fraction of sp³-hybridized carbons (Fsp3) is 0.357. The van der Waals surface area contributed by atoms with Gasteiger partial charge in [-0.3, -0.25) is 9.78 Å². The number of hydrogen-bond acceptors (Lipinski definition) is 4. The van der Waals surface area contributed by atoms with Gasteiger partial charge in [-0.1, -0.05) is 19.1 Å². The molecular formula is C28H28FNO4. The number of carboxylic acid groups (broad SMARTS) is 1. The zero-order chi connectivity index (χ0) is 23.8. The smallest absolute Gasteiger partial charge is 0.306 e. The number of nitrogens with zero attached hydrogens (tertiary/aromatic N) is 1. The summed E-state index contributed by atoms with van der Waals surface area (Å²) in [5.74, 6) is 0.212. The Morgan fingerprint density at radius 2 is 1.94 bits per heavy atom. The van der Waals surface area contributed by atoms with E-state index < -0.39 is 11.9 Å². The molecule has 0 spiro atoms. The number of halogens is 1. The molecule has 0 unspecified atom stereocenters. The zero-order valence-corrected chi connectivity index (χ0v) is 19.3. The normalized spacial score (nSPS) is 18.7. The average molecular weight is 462 g/mol. The molecule has 1 fully saturated rings. The van der Waals surface area contributed by atoms with Crippen LogP contribution in [0.15, 0.2) is 54.7 Å². The van der Waals surface area contributed by atoms with Crippen molar-refractivity contribution in [2.45, 2.75) is 44.6 Å². The molecule has 1 aromatic heterocycles. The molecule has 1 heterocycles. The van der Waals surface area contributed by atoms with Crippen LogP contribution in [0.2, 0.25) is 0 Å². The summed E-state index contributed by atoms with van der Waals surface area (Å²) < 4.78 is 26.0. The van der Waals surface area contributed by atoms with E-state index in [0.717, 1.165) is 48.1 Å². The third-order valence-electron chi connectivity index (χ3n) is 7.08. The molecule has 2 aliphatic rings. The Balaban J connectivity index is 1.37.